The first kappa shape index (κ1) is 15.9. The topological polar surface area (TPSA) is 65.0 Å². The Balaban J connectivity index is 1.89. The molecule has 6 heteroatoms. The van der Waals surface area contributed by atoms with Gasteiger partial charge in [-0.2, -0.15) is 0 Å². The SMILES string of the molecule is COC(=O)O[PH](C)(O)Oc1ccc2ccc3cccc4ccc1c2c34. The Bertz CT molecular complexity index is 1070. The van der Waals surface area contributed by atoms with Gasteiger partial charge in [-0.1, -0.05) is 0 Å². The summed E-state index contributed by atoms with van der Waals surface area (Å²) in [5.41, 5.74) is 0. The van der Waals surface area contributed by atoms with Gasteiger partial charge in [0.1, 0.15) is 0 Å². The van der Waals surface area contributed by atoms with Gasteiger partial charge in [0.25, 0.3) is 0 Å². The fourth-order valence-corrected chi connectivity index (χ4v) is 4.24. The van der Waals surface area contributed by atoms with Crippen molar-refractivity contribution in [2.24, 2.45) is 0 Å². The van der Waals surface area contributed by atoms with Crippen molar-refractivity contribution in [1.82, 2.24) is 0 Å². The number of hydrogen-bond donors (Lipinski definition) is 1. The van der Waals surface area contributed by atoms with Crippen molar-refractivity contribution in [2.45, 2.75) is 0 Å². The van der Waals surface area contributed by atoms with E-state index in [0.717, 1.165) is 32.3 Å². The second kappa shape index (κ2) is 5.73. The first-order valence-electron chi connectivity index (χ1n) is 7.83. The summed E-state index contributed by atoms with van der Waals surface area (Å²) in [5.74, 6) is 0.478. The molecule has 0 bridgehead atoms. The van der Waals surface area contributed by atoms with E-state index in [1.165, 1.54) is 13.8 Å². The van der Waals surface area contributed by atoms with Crippen LogP contribution in [0.3, 0.4) is 0 Å². The number of methoxy groups -OCH3 is 1. The van der Waals surface area contributed by atoms with Crippen LogP contribution in [0.4, 0.5) is 4.79 Å². The van der Waals surface area contributed by atoms with Gasteiger partial charge in [0, 0.05) is 0 Å². The molecule has 4 aromatic carbocycles. The minimum atomic E-state index is -3.72. The van der Waals surface area contributed by atoms with Gasteiger partial charge < -0.3 is 0 Å². The predicted molar refractivity (Wildman–Crippen MR) is 101 cm³/mol. The second-order valence-electron chi connectivity index (χ2n) is 5.98. The average molecular weight is 356 g/mol. The van der Waals surface area contributed by atoms with E-state index in [-0.39, 0.29) is 0 Å². The minimum absolute atomic E-state index is 0.478. The maximum absolute atomic E-state index is 11.3. The third kappa shape index (κ3) is 2.72. The molecule has 4 aromatic rings. The summed E-state index contributed by atoms with van der Waals surface area (Å²) < 4.78 is 15.0. The van der Waals surface area contributed by atoms with Crippen LogP contribution in [0.15, 0.2) is 54.6 Å². The fraction of sp³-hybridized carbons (Fsp3) is 0.105. The molecule has 0 aliphatic carbocycles. The molecule has 25 heavy (non-hydrogen) atoms. The van der Waals surface area contributed by atoms with Gasteiger partial charge in [-0.25, -0.2) is 0 Å². The number of carbonyl (C=O) groups is 1. The molecular formula is C19H17O5P. The average Bonchev–Trinajstić information content (AvgIpc) is 2.60. The van der Waals surface area contributed by atoms with Crippen LogP contribution in [0.25, 0.3) is 32.3 Å². The summed E-state index contributed by atoms with van der Waals surface area (Å²) in [6, 6.07) is 18.0. The molecule has 1 N–H and O–H groups in total. The van der Waals surface area contributed by atoms with Crippen molar-refractivity contribution in [1.29, 1.82) is 0 Å². The molecule has 0 heterocycles. The Kier molecular flexibility index (Phi) is 3.64. The van der Waals surface area contributed by atoms with Crippen LogP contribution in [0.1, 0.15) is 0 Å². The summed E-state index contributed by atoms with van der Waals surface area (Å²) in [4.78, 5) is 21.7. The van der Waals surface area contributed by atoms with Crippen LogP contribution in [-0.4, -0.2) is 24.8 Å². The molecule has 0 aromatic heterocycles. The predicted octanol–water partition coefficient (Wildman–Crippen LogP) is 4.86. The fourth-order valence-electron chi connectivity index (χ4n) is 3.22. The van der Waals surface area contributed by atoms with Crippen LogP contribution < -0.4 is 4.52 Å². The third-order valence-corrected chi connectivity index (χ3v) is 5.37. The molecule has 0 atom stereocenters. The molecule has 0 amide bonds. The van der Waals surface area contributed by atoms with E-state index in [1.807, 2.05) is 24.3 Å². The van der Waals surface area contributed by atoms with E-state index >= 15 is 0 Å². The van der Waals surface area contributed by atoms with Crippen LogP contribution in [0.2, 0.25) is 0 Å². The number of hydrogen-bond acceptors (Lipinski definition) is 5. The van der Waals surface area contributed by atoms with E-state index in [2.05, 4.69) is 29.0 Å². The van der Waals surface area contributed by atoms with Crippen LogP contribution in [0, 0.1) is 0 Å². The quantitative estimate of drug-likeness (QED) is 0.322. The summed E-state index contributed by atoms with van der Waals surface area (Å²) >= 11 is 0. The summed E-state index contributed by atoms with van der Waals surface area (Å²) in [7, 11) is -2.53. The zero-order valence-electron chi connectivity index (χ0n) is 13.8. The molecule has 0 fully saturated rings. The number of benzene rings is 4. The summed E-state index contributed by atoms with van der Waals surface area (Å²) in [6.45, 7) is 1.38. The van der Waals surface area contributed by atoms with Gasteiger partial charge in [-0.15, -0.1) is 0 Å². The molecule has 5 nitrogen and oxygen atoms in total. The van der Waals surface area contributed by atoms with Gasteiger partial charge in [0.05, 0.1) is 0 Å². The Morgan fingerprint density at radius 1 is 0.920 bits per heavy atom. The van der Waals surface area contributed by atoms with E-state index in [9.17, 15) is 9.69 Å². The van der Waals surface area contributed by atoms with Gasteiger partial charge >= 0.3 is 144 Å². The van der Waals surface area contributed by atoms with Crippen molar-refractivity contribution >= 4 is 46.4 Å². The molecule has 4 rings (SSSR count). The van der Waals surface area contributed by atoms with E-state index in [1.54, 1.807) is 6.07 Å². The standard InChI is InChI=1S/C19H17O5P/c1-22-19(20)24-25(2,21)23-16-11-9-14-7-6-12-4-3-5-13-8-10-15(16)18(14)17(12)13/h3-11,21,25H,1-2H3. The molecule has 0 unspecified atom stereocenters. The van der Waals surface area contributed by atoms with Crippen molar-refractivity contribution in [3.63, 3.8) is 0 Å². The van der Waals surface area contributed by atoms with Crippen LogP contribution >= 0.6 is 7.94 Å². The zero-order chi connectivity index (χ0) is 17.6. The van der Waals surface area contributed by atoms with Crippen molar-refractivity contribution < 1.29 is 23.5 Å². The molecule has 0 saturated carbocycles. The van der Waals surface area contributed by atoms with Crippen molar-refractivity contribution in [3.8, 4) is 5.75 Å². The summed E-state index contributed by atoms with van der Waals surface area (Å²) in [6.07, 6.45) is -0.964. The molecule has 0 aliphatic rings. The monoisotopic (exact) mass is 356 g/mol. The van der Waals surface area contributed by atoms with Crippen molar-refractivity contribution in [3.05, 3.63) is 54.6 Å². The molecule has 0 saturated heterocycles. The van der Waals surface area contributed by atoms with Gasteiger partial charge in [0.15, 0.2) is 0 Å². The second-order valence-corrected chi connectivity index (χ2v) is 8.18. The number of rotatable bonds is 3. The van der Waals surface area contributed by atoms with Gasteiger partial charge in [-0.05, 0) is 0 Å². The van der Waals surface area contributed by atoms with Crippen molar-refractivity contribution in [2.75, 3.05) is 13.8 Å². The molecular weight excluding hydrogens is 339 g/mol. The molecule has 128 valence electrons. The molecule has 0 aliphatic heterocycles. The number of carbonyl (C=O) groups excluding carboxylic acids is 1. The van der Waals surface area contributed by atoms with Gasteiger partial charge in [-0.3, -0.25) is 0 Å². The van der Waals surface area contributed by atoms with E-state index < -0.39 is 14.1 Å². The Morgan fingerprint density at radius 3 is 2.20 bits per heavy atom. The maximum atomic E-state index is 11.3. The van der Waals surface area contributed by atoms with Gasteiger partial charge in [0.2, 0.25) is 0 Å². The Labute approximate surface area is 144 Å². The van der Waals surface area contributed by atoms with Crippen LogP contribution in [0.5, 0.6) is 5.75 Å². The molecule has 0 spiro atoms. The Hall–Kier alpha value is -2.62. The normalized spacial score (nSPS) is 12.6. The van der Waals surface area contributed by atoms with Crippen LogP contribution in [-0.2, 0) is 9.26 Å². The zero-order valence-corrected chi connectivity index (χ0v) is 14.8. The summed E-state index contributed by atoms with van der Waals surface area (Å²) in [5, 5.41) is 6.45. The number of ether oxygens (including phenoxy) is 1. The first-order chi connectivity index (χ1) is 12.0. The Morgan fingerprint density at radius 2 is 1.52 bits per heavy atom. The third-order valence-electron chi connectivity index (χ3n) is 4.23. The van der Waals surface area contributed by atoms with E-state index in [0.29, 0.717) is 5.75 Å². The first-order valence-corrected chi connectivity index (χ1v) is 10.1. The molecule has 0 radical (unpaired) electrons. The van der Waals surface area contributed by atoms with E-state index in [4.69, 9.17) is 9.05 Å².